The van der Waals surface area contributed by atoms with Crippen molar-refractivity contribution < 1.29 is 19.1 Å². The fourth-order valence-corrected chi connectivity index (χ4v) is 2.90. The zero-order valence-electron chi connectivity index (χ0n) is 15.5. The van der Waals surface area contributed by atoms with Gasteiger partial charge in [0.15, 0.2) is 6.61 Å². The van der Waals surface area contributed by atoms with Crippen LogP contribution in [0.4, 0.5) is 5.69 Å². The lowest BCUT2D eigenvalue weighted by Crippen LogP contribution is -2.24. The average molecular weight is 365 g/mol. The van der Waals surface area contributed by atoms with E-state index in [4.69, 9.17) is 9.47 Å². The predicted molar refractivity (Wildman–Crippen MR) is 105 cm³/mol. The third kappa shape index (κ3) is 4.56. The Hall–Kier alpha value is -3.08. The highest BCUT2D eigenvalue weighted by molar-refractivity contribution is 5.98. The van der Waals surface area contributed by atoms with Gasteiger partial charge in [0.25, 0.3) is 5.91 Å². The molecule has 0 unspecified atom stereocenters. The highest BCUT2D eigenvalue weighted by Gasteiger charge is 2.19. The van der Waals surface area contributed by atoms with Crippen molar-refractivity contribution in [1.82, 2.24) is 0 Å². The topological polar surface area (TPSA) is 64.6 Å². The molecule has 5 nitrogen and oxygen atoms in total. The van der Waals surface area contributed by atoms with Gasteiger partial charge < -0.3 is 14.8 Å². The molecule has 140 valence electrons. The second-order valence-corrected chi connectivity index (χ2v) is 6.52. The van der Waals surface area contributed by atoms with Crippen LogP contribution >= 0.6 is 0 Å². The standard InChI is InChI=1S/C22H23NO4/c1-3-15(2)18-9-5-6-10-19(18)23-21(24)14-27-22(25)17-12-16-8-4-7-11-20(16)26-13-17/h4-12,15H,3,13-14H2,1-2H3,(H,23,24)/t15-/m1/s1. The summed E-state index contributed by atoms with van der Waals surface area (Å²) in [4.78, 5) is 24.5. The Morgan fingerprint density at radius 2 is 1.89 bits per heavy atom. The third-order valence-electron chi connectivity index (χ3n) is 4.61. The summed E-state index contributed by atoms with van der Waals surface area (Å²) in [5.41, 5.74) is 3.03. The largest absolute Gasteiger partial charge is 0.488 e. The summed E-state index contributed by atoms with van der Waals surface area (Å²) in [6.07, 6.45) is 2.70. The van der Waals surface area contributed by atoms with E-state index in [0.717, 1.165) is 29.0 Å². The SMILES string of the molecule is CC[C@@H](C)c1ccccc1NC(=O)COC(=O)C1=Cc2ccccc2OC1. The predicted octanol–water partition coefficient (Wildman–Crippen LogP) is 4.16. The quantitative estimate of drug-likeness (QED) is 0.781. The molecule has 2 aromatic carbocycles. The minimum atomic E-state index is -0.546. The van der Waals surface area contributed by atoms with Gasteiger partial charge in [-0.05, 0) is 36.1 Å². The summed E-state index contributed by atoms with van der Waals surface area (Å²) in [5, 5.41) is 2.83. The summed E-state index contributed by atoms with van der Waals surface area (Å²) in [6.45, 7) is 4.00. The highest BCUT2D eigenvalue weighted by atomic mass is 16.5. The number of ether oxygens (including phenoxy) is 2. The van der Waals surface area contributed by atoms with Crippen molar-refractivity contribution in [2.75, 3.05) is 18.5 Å². The number of rotatable bonds is 6. The van der Waals surface area contributed by atoms with Crippen molar-refractivity contribution in [3.8, 4) is 5.75 Å². The monoisotopic (exact) mass is 365 g/mol. The van der Waals surface area contributed by atoms with Gasteiger partial charge >= 0.3 is 5.97 Å². The van der Waals surface area contributed by atoms with Crippen LogP contribution in [-0.4, -0.2) is 25.1 Å². The summed E-state index contributed by atoms with van der Waals surface area (Å²) < 4.78 is 10.7. The summed E-state index contributed by atoms with van der Waals surface area (Å²) >= 11 is 0. The molecule has 0 radical (unpaired) electrons. The lowest BCUT2D eigenvalue weighted by molar-refractivity contribution is -0.143. The first-order valence-corrected chi connectivity index (χ1v) is 9.06. The maximum atomic E-state index is 12.2. The fourth-order valence-electron chi connectivity index (χ4n) is 2.90. The van der Waals surface area contributed by atoms with Gasteiger partial charge in [-0.3, -0.25) is 4.79 Å². The van der Waals surface area contributed by atoms with E-state index in [1.807, 2.05) is 48.5 Å². The normalized spacial score (nSPS) is 13.6. The third-order valence-corrected chi connectivity index (χ3v) is 4.61. The molecule has 0 saturated heterocycles. The van der Waals surface area contributed by atoms with Crippen LogP contribution in [0.15, 0.2) is 54.1 Å². The Balaban J connectivity index is 1.59. The Labute approximate surface area is 159 Å². The number of benzene rings is 2. The highest BCUT2D eigenvalue weighted by Crippen LogP contribution is 2.27. The molecule has 0 aliphatic carbocycles. The molecule has 0 spiro atoms. The van der Waals surface area contributed by atoms with Crippen LogP contribution in [0.1, 0.15) is 37.3 Å². The first kappa shape index (κ1) is 18.7. The zero-order valence-corrected chi connectivity index (χ0v) is 15.5. The minimum Gasteiger partial charge on any atom is -0.488 e. The van der Waals surface area contributed by atoms with Gasteiger partial charge in [-0.25, -0.2) is 4.79 Å². The molecule has 1 N–H and O–H groups in total. The zero-order chi connectivity index (χ0) is 19.2. The number of carbonyl (C=O) groups is 2. The van der Waals surface area contributed by atoms with Crippen molar-refractivity contribution >= 4 is 23.6 Å². The van der Waals surface area contributed by atoms with Gasteiger partial charge in [0.05, 0.1) is 5.57 Å². The average Bonchev–Trinajstić information content (AvgIpc) is 2.71. The number of hydrogen-bond acceptors (Lipinski definition) is 4. The van der Waals surface area contributed by atoms with E-state index >= 15 is 0 Å². The number of nitrogens with one attached hydrogen (secondary N) is 1. The van der Waals surface area contributed by atoms with E-state index in [1.54, 1.807) is 6.08 Å². The fraction of sp³-hybridized carbons (Fsp3) is 0.273. The first-order chi connectivity index (χ1) is 13.1. The maximum absolute atomic E-state index is 12.2. The first-order valence-electron chi connectivity index (χ1n) is 9.06. The molecule has 5 heteroatoms. The van der Waals surface area contributed by atoms with Crippen molar-refractivity contribution in [3.05, 3.63) is 65.2 Å². The van der Waals surface area contributed by atoms with Gasteiger partial charge in [-0.15, -0.1) is 0 Å². The number of amides is 1. The summed E-state index contributed by atoms with van der Waals surface area (Å²) in [7, 11) is 0. The molecule has 0 bridgehead atoms. The van der Waals surface area contributed by atoms with Gasteiger partial charge in [0.1, 0.15) is 12.4 Å². The van der Waals surface area contributed by atoms with Crippen LogP contribution in [0.3, 0.4) is 0 Å². The van der Waals surface area contributed by atoms with E-state index in [9.17, 15) is 9.59 Å². The second-order valence-electron chi connectivity index (χ2n) is 6.52. The van der Waals surface area contributed by atoms with E-state index < -0.39 is 5.97 Å². The number of esters is 1. The van der Waals surface area contributed by atoms with Crippen LogP contribution in [0.25, 0.3) is 6.08 Å². The minimum absolute atomic E-state index is 0.133. The molecule has 0 fully saturated rings. The smallest absolute Gasteiger partial charge is 0.338 e. The molecular weight excluding hydrogens is 342 g/mol. The van der Waals surface area contributed by atoms with Crippen LogP contribution in [-0.2, 0) is 14.3 Å². The maximum Gasteiger partial charge on any atom is 0.338 e. The molecule has 1 atom stereocenters. The van der Waals surface area contributed by atoms with Crippen molar-refractivity contribution in [3.63, 3.8) is 0 Å². The molecule has 1 aliphatic heterocycles. The molecule has 0 saturated carbocycles. The summed E-state index contributed by atoms with van der Waals surface area (Å²) in [5.74, 6) is 0.147. The molecule has 3 rings (SSSR count). The molecule has 1 amide bonds. The van der Waals surface area contributed by atoms with E-state index in [0.29, 0.717) is 11.5 Å². The van der Waals surface area contributed by atoms with Crippen LogP contribution in [0, 0.1) is 0 Å². The van der Waals surface area contributed by atoms with Crippen LogP contribution in [0.2, 0.25) is 0 Å². The molecule has 1 heterocycles. The lowest BCUT2D eigenvalue weighted by atomic mass is 9.97. The van der Waals surface area contributed by atoms with Crippen LogP contribution < -0.4 is 10.1 Å². The Kier molecular flexibility index (Phi) is 5.91. The van der Waals surface area contributed by atoms with E-state index in [2.05, 4.69) is 19.2 Å². The molecular formula is C22H23NO4. The molecule has 0 aromatic heterocycles. The lowest BCUT2D eigenvalue weighted by Gasteiger charge is -2.17. The van der Waals surface area contributed by atoms with Crippen LogP contribution in [0.5, 0.6) is 5.75 Å². The van der Waals surface area contributed by atoms with E-state index in [1.165, 1.54) is 0 Å². The van der Waals surface area contributed by atoms with E-state index in [-0.39, 0.29) is 19.1 Å². The Morgan fingerprint density at radius 3 is 2.70 bits per heavy atom. The van der Waals surface area contributed by atoms with Crippen molar-refractivity contribution in [2.24, 2.45) is 0 Å². The van der Waals surface area contributed by atoms with Gasteiger partial charge in [0, 0.05) is 11.3 Å². The number of para-hydroxylation sites is 2. The van der Waals surface area contributed by atoms with Gasteiger partial charge in [0.2, 0.25) is 0 Å². The molecule has 27 heavy (non-hydrogen) atoms. The summed E-state index contributed by atoms with van der Waals surface area (Å²) in [6, 6.07) is 15.1. The molecule has 2 aromatic rings. The number of fused-ring (bicyclic) bond motifs is 1. The Bertz CT molecular complexity index is 872. The second kappa shape index (κ2) is 8.54. The number of hydrogen-bond donors (Lipinski definition) is 1. The number of anilines is 1. The Morgan fingerprint density at radius 1 is 1.15 bits per heavy atom. The van der Waals surface area contributed by atoms with Gasteiger partial charge in [-0.2, -0.15) is 0 Å². The van der Waals surface area contributed by atoms with Crippen molar-refractivity contribution in [2.45, 2.75) is 26.2 Å². The molecule has 1 aliphatic rings. The number of carbonyl (C=O) groups excluding carboxylic acids is 2. The van der Waals surface area contributed by atoms with Gasteiger partial charge in [-0.1, -0.05) is 50.2 Å². The van der Waals surface area contributed by atoms with Crippen molar-refractivity contribution in [1.29, 1.82) is 0 Å².